The van der Waals surface area contributed by atoms with Crippen LogP contribution in [0.25, 0.3) is 6.08 Å². The minimum atomic E-state index is -1.32. The molecule has 1 N–H and O–H groups in total. The number of carbonyl (C=O) groups excluding carboxylic acids is 1. The van der Waals surface area contributed by atoms with E-state index < -0.39 is 11.6 Å². The zero-order valence-electron chi connectivity index (χ0n) is 17.6. The van der Waals surface area contributed by atoms with Gasteiger partial charge in [0.25, 0.3) is 0 Å². The van der Waals surface area contributed by atoms with Crippen LogP contribution in [0.15, 0.2) is 42.5 Å². The Kier molecular flexibility index (Phi) is 7.21. The van der Waals surface area contributed by atoms with E-state index in [4.69, 9.17) is 9.47 Å². The van der Waals surface area contributed by atoms with Crippen LogP contribution in [0.1, 0.15) is 54.2 Å². The van der Waals surface area contributed by atoms with Crippen molar-refractivity contribution in [3.63, 3.8) is 0 Å². The Hall–Kier alpha value is -3.08. The van der Waals surface area contributed by atoms with E-state index in [2.05, 4.69) is 0 Å². The molecule has 0 saturated heterocycles. The monoisotopic (exact) mass is 396 g/mol. The number of benzene rings is 2. The van der Waals surface area contributed by atoms with Crippen molar-refractivity contribution < 1.29 is 24.2 Å². The van der Waals surface area contributed by atoms with Crippen LogP contribution in [0.4, 0.5) is 0 Å². The van der Waals surface area contributed by atoms with Crippen LogP contribution < -0.4 is 9.47 Å². The van der Waals surface area contributed by atoms with Crippen molar-refractivity contribution in [1.82, 2.24) is 0 Å². The molecule has 5 nitrogen and oxygen atoms in total. The molecule has 2 rings (SSSR count). The van der Waals surface area contributed by atoms with Crippen LogP contribution in [0, 0.1) is 13.8 Å². The third kappa shape index (κ3) is 5.95. The number of ketones is 1. The Labute approximate surface area is 172 Å². The average Bonchev–Trinajstić information content (AvgIpc) is 2.67. The van der Waals surface area contributed by atoms with Gasteiger partial charge in [0.2, 0.25) is 0 Å². The Morgan fingerprint density at radius 2 is 1.66 bits per heavy atom. The van der Waals surface area contributed by atoms with E-state index in [1.54, 1.807) is 30.3 Å². The maximum atomic E-state index is 12.4. The summed E-state index contributed by atoms with van der Waals surface area (Å²) < 4.78 is 11.2. The van der Waals surface area contributed by atoms with Crippen molar-refractivity contribution in [3.8, 4) is 11.5 Å². The maximum absolute atomic E-state index is 12.4. The third-order valence-electron chi connectivity index (χ3n) is 4.39. The first-order chi connectivity index (χ1) is 13.6. The summed E-state index contributed by atoms with van der Waals surface area (Å²) in [6.45, 7) is 9.43. The quantitative estimate of drug-likeness (QED) is 0.464. The molecule has 2 aromatic carbocycles. The molecule has 0 atom stereocenters. The van der Waals surface area contributed by atoms with Gasteiger partial charge in [-0.3, -0.25) is 4.79 Å². The fourth-order valence-electron chi connectivity index (χ4n) is 2.74. The smallest absolute Gasteiger partial charge is 0.347 e. The third-order valence-corrected chi connectivity index (χ3v) is 4.39. The summed E-state index contributed by atoms with van der Waals surface area (Å²) in [5.74, 6) is 0.161. The number of carboxylic acid groups (broad SMARTS) is 1. The molecule has 0 bridgehead atoms. The zero-order valence-corrected chi connectivity index (χ0v) is 17.6. The second-order valence-corrected chi connectivity index (χ2v) is 7.47. The average molecular weight is 396 g/mol. The standard InChI is InChI=1S/C24H28O5/c1-6-13-28-20-10-8-19(9-11-20)21(25)12-7-18-14-16(2)22(17(3)15-18)29-24(4,5)23(26)27/h7-12,14-15H,6,13H2,1-5H3,(H,26,27)/b12-7+. The van der Waals surface area contributed by atoms with Gasteiger partial charge in [-0.15, -0.1) is 0 Å². The van der Waals surface area contributed by atoms with Gasteiger partial charge in [0.05, 0.1) is 6.61 Å². The molecule has 0 aliphatic carbocycles. The minimum Gasteiger partial charge on any atom is -0.494 e. The molecular weight excluding hydrogens is 368 g/mol. The summed E-state index contributed by atoms with van der Waals surface area (Å²) in [5.41, 5.74) is 1.72. The molecule has 154 valence electrons. The van der Waals surface area contributed by atoms with Gasteiger partial charge in [-0.25, -0.2) is 4.79 Å². The van der Waals surface area contributed by atoms with E-state index in [0.717, 1.165) is 28.9 Å². The molecule has 0 aromatic heterocycles. The summed E-state index contributed by atoms with van der Waals surface area (Å²) in [6.07, 6.45) is 4.20. The molecule has 0 aliphatic heterocycles. The molecule has 2 aromatic rings. The summed E-state index contributed by atoms with van der Waals surface area (Å²) >= 11 is 0. The number of hydrogen-bond donors (Lipinski definition) is 1. The molecule has 0 amide bonds. The van der Waals surface area contributed by atoms with Crippen molar-refractivity contribution in [2.24, 2.45) is 0 Å². The van der Waals surface area contributed by atoms with Crippen molar-refractivity contribution in [3.05, 3.63) is 64.7 Å². The highest BCUT2D eigenvalue weighted by molar-refractivity contribution is 6.06. The predicted octanol–water partition coefficient (Wildman–Crippen LogP) is 5.23. The van der Waals surface area contributed by atoms with E-state index in [9.17, 15) is 14.7 Å². The number of allylic oxidation sites excluding steroid dienone is 1. The van der Waals surface area contributed by atoms with Crippen molar-refractivity contribution >= 4 is 17.8 Å². The first kappa shape index (κ1) is 22.2. The molecule has 0 fully saturated rings. The van der Waals surface area contributed by atoms with E-state index in [1.807, 2.05) is 32.9 Å². The van der Waals surface area contributed by atoms with E-state index >= 15 is 0 Å². The van der Waals surface area contributed by atoms with Crippen LogP contribution in [0.5, 0.6) is 11.5 Å². The van der Waals surface area contributed by atoms with Crippen LogP contribution in [-0.2, 0) is 4.79 Å². The van der Waals surface area contributed by atoms with E-state index in [0.29, 0.717) is 17.9 Å². The molecule has 0 unspecified atom stereocenters. The highest BCUT2D eigenvalue weighted by atomic mass is 16.5. The largest absolute Gasteiger partial charge is 0.494 e. The van der Waals surface area contributed by atoms with Crippen molar-refractivity contribution in [2.75, 3.05) is 6.61 Å². The number of rotatable bonds is 9. The van der Waals surface area contributed by atoms with Crippen molar-refractivity contribution in [1.29, 1.82) is 0 Å². The van der Waals surface area contributed by atoms with Gasteiger partial charge in [-0.1, -0.05) is 13.0 Å². The van der Waals surface area contributed by atoms with Gasteiger partial charge >= 0.3 is 5.97 Å². The van der Waals surface area contributed by atoms with E-state index in [-0.39, 0.29) is 5.78 Å². The number of aliphatic carboxylic acids is 1. The zero-order chi connectivity index (χ0) is 21.6. The summed E-state index contributed by atoms with van der Waals surface area (Å²) in [6, 6.07) is 10.8. The van der Waals surface area contributed by atoms with E-state index in [1.165, 1.54) is 19.9 Å². The Balaban J connectivity index is 2.14. The number of carbonyl (C=O) groups is 2. The Morgan fingerprint density at radius 3 is 2.17 bits per heavy atom. The lowest BCUT2D eigenvalue weighted by molar-refractivity contribution is -0.152. The van der Waals surface area contributed by atoms with Crippen molar-refractivity contribution in [2.45, 2.75) is 46.6 Å². The minimum absolute atomic E-state index is 0.102. The second-order valence-electron chi connectivity index (χ2n) is 7.47. The molecule has 0 radical (unpaired) electrons. The van der Waals surface area contributed by atoms with Crippen LogP contribution in [-0.4, -0.2) is 29.1 Å². The van der Waals surface area contributed by atoms with Gasteiger partial charge in [-0.2, -0.15) is 0 Å². The van der Waals surface area contributed by atoms with Crippen LogP contribution in [0.3, 0.4) is 0 Å². The Bertz CT molecular complexity index is 884. The SMILES string of the molecule is CCCOc1ccc(C(=O)/C=C/c2cc(C)c(OC(C)(C)C(=O)O)c(C)c2)cc1. The second kappa shape index (κ2) is 9.41. The van der Waals surface area contributed by atoms with Gasteiger partial charge < -0.3 is 14.6 Å². The lowest BCUT2D eigenvalue weighted by Crippen LogP contribution is -2.38. The summed E-state index contributed by atoms with van der Waals surface area (Å²) in [4.78, 5) is 23.7. The van der Waals surface area contributed by atoms with Gasteiger partial charge in [0, 0.05) is 5.56 Å². The topological polar surface area (TPSA) is 72.8 Å². The number of ether oxygens (including phenoxy) is 2. The molecule has 5 heteroatoms. The molecule has 0 heterocycles. The van der Waals surface area contributed by atoms with Gasteiger partial charge in [-0.05, 0) is 93.3 Å². The maximum Gasteiger partial charge on any atom is 0.347 e. The first-order valence-corrected chi connectivity index (χ1v) is 9.63. The lowest BCUT2D eigenvalue weighted by Gasteiger charge is -2.24. The summed E-state index contributed by atoms with van der Waals surface area (Å²) in [7, 11) is 0. The summed E-state index contributed by atoms with van der Waals surface area (Å²) in [5, 5.41) is 9.27. The number of hydrogen-bond acceptors (Lipinski definition) is 4. The van der Waals surface area contributed by atoms with Gasteiger partial charge in [0.1, 0.15) is 11.5 Å². The van der Waals surface area contributed by atoms with Crippen LogP contribution >= 0.6 is 0 Å². The van der Waals surface area contributed by atoms with Gasteiger partial charge in [0.15, 0.2) is 11.4 Å². The molecule has 29 heavy (non-hydrogen) atoms. The lowest BCUT2D eigenvalue weighted by atomic mass is 10.0. The number of carboxylic acids is 1. The highest BCUT2D eigenvalue weighted by Crippen LogP contribution is 2.29. The number of aryl methyl sites for hydroxylation is 2. The molecular formula is C24H28O5. The molecule has 0 spiro atoms. The highest BCUT2D eigenvalue weighted by Gasteiger charge is 2.30. The van der Waals surface area contributed by atoms with Crippen LogP contribution in [0.2, 0.25) is 0 Å². The molecule has 0 saturated carbocycles. The fourth-order valence-corrected chi connectivity index (χ4v) is 2.74. The molecule has 0 aliphatic rings. The predicted molar refractivity (Wildman–Crippen MR) is 114 cm³/mol. The first-order valence-electron chi connectivity index (χ1n) is 9.63. The fraction of sp³-hybridized carbons (Fsp3) is 0.333. The Morgan fingerprint density at radius 1 is 1.07 bits per heavy atom. The normalized spacial score (nSPS) is 11.5.